The summed E-state index contributed by atoms with van der Waals surface area (Å²) in [5, 5.41) is 3.00. The van der Waals surface area contributed by atoms with E-state index in [1.54, 1.807) is 0 Å². The van der Waals surface area contributed by atoms with Crippen LogP contribution in [0, 0.1) is 5.92 Å². The van der Waals surface area contributed by atoms with Gasteiger partial charge in [-0.25, -0.2) is 0 Å². The second kappa shape index (κ2) is 8.51. The molecule has 2 fully saturated rings. The van der Waals surface area contributed by atoms with Crippen LogP contribution < -0.4 is 5.32 Å². The minimum Gasteiger partial charge on any atom is -0.379 e. The summed E-state index contributed by atoms with van der Waals surface area (Å²) in [6.45, 7) is 5.96. The summed E-state index contributed by atoms with van der Waals surface area (Å²) >= 11 is 0. The van der Waals surface area contributed by atoms with Gasteiger partial charge in [0, 0.05) is 32.2 Å². The van der Waals surface area contributed by atoms with Gasteiger partial charge in [-0.3, -0.25) is 9.59 Å². The minimum absolute atomic E-state index is 0.0377. The van der Waals surface area contributed by atoms with Crippen molar-refractivity contribution in [2.45, 2.75) is 70.9 Å². The minimum atomic E-state index is -0.0377. The lowest BCUT2D eigenvalue weighted by molar-refractivity contribution is -0.140. The molecule has 2 rings (SSSR count). The van der Waals surface area contributed by atoms with E-state index >= 15 is 0 Å². The van der Waals surface area contributed by atoms with Crippen molar-refractivity contribution in [1.29, 1.82) is 0 Å². The largest absolute Gasteiger partial charge is 0.379 e. The monoisotopic (exact) mass is 310 g/mol. The van der Waals surface area contributed by atoms with E-state index in [9.17, 15) is 9.59 Å². The van der Waals surface area contributed by atoms with E-state index in [2.05, 4.69) is 5.32 Å². The topological polar surface area (TPSA) is 58.6 Å². The van der Waals surface area contributed by atoms with Crippen LogP contribution in [0.4, 0.5) is 0 Å². The fraction of sp³-hybridized carbons (Fsp3) is 0.882. The summed E-state index contributed by atoms with van der Waals surface area (Å²) in [7, 11) is 0. The Bertz CT molecular complexity index is 378. The second-order valence-electron chi connectivity index (χ2n) is 6.78. The summed E-state index contributed by atoms with van der Waals surface area (Å²) in [4.78, 5) is 26.3. The maximum Gasteiger partial charge on any atom is 0.224 e. The van der Waals surface area contributed by atoms with Crippen molar-refractivity contribution in [3.8, 4) is 0 Å². The highest BCUT2D eigenvalue weighted by Gasteiger charge is 2.34. The van der Waals surface area contributed by atoms with Gasteiger partial charge < -0.3 is 15.0 Å². The maximum absolute atomic E-state index is 12.3. The van der Waals surface area contributed by atoms with Crippen LogP contribution in [0.3, 0.4) is 0 Å². The molecule has 5 heteroatoms. The lowest BCUT2D eigenvalue weighted by Crippen LogP contribution is -2.49. The lowest BCUT2D eigenvalue weighted by atomic mass is 9.95. The quantitative estimate of drug-likeness (QED) is 0.733. The van der Waals surface area contributed by atoms with E-state index in [-0.39, 0.29) is 23.8 Å². The van der Waals surface area contributed by atoms with E-state index in [1.165, 1.54) is 12.8 Å². The molecule has 126 valence electrons. The van der Waals surface area contributed by atoms with E-state index in [1.807, 2.05) is 18.7 Å². The van der Waals surface area contributed by atoms with Crippen molar-refractivity contribution in [1.82, 2.24) is 10.2 Å². The first-order valence-electron chi connectivity index (χ1n) is 8.76. The standard InChI is InChI=1S/C17H30N2O3/c1-13(2)22-11-5-10-18-17(21)14-8-9-16(20)19(12-14)15-6-3-4-7-15/h13-15H,3-12H2,1-2H3,(H,18,21)/t14-/m0/s1. The first kappa shape index (κ1) is 17.3. The van der Waals surface area contributed by atoms with Crippen molar-refractivity contribution in [2.24, 2.45) is 5.92 Å². The molecule has 0 unspecified atom stereocenters. The van der Waals surface area contributed by atoms with Crippen LogP contribution in [0.1, 0.15) is 58.8 Å². The maximum atomic E-state index is 12.3. The van der Waals surface area contributed by atoms with Crippen LogP contribution in [0.25, 0.3) is 0 Å². The molecule has 0 spiro atoms. The average molecular weight is 310 g/mol. The Kier molecular flexibility index (Phi) is 6.68. The summed E-state index contributed by atoms with van der Waals surface area (Å²) in [5.74, 6) is 0.297. The molecule has 0 radical (unpaired) electrons. The predicted octanol–water partition coefficient (Wildman–Crippen LogP) is 2.10. The van der Waals surface area contributed by atoms with Gasteiger partial charge in [0.15, 0.2) is 0 Å². The van der Waals surface area contributed by atoms with Crippen molar-refractivity contribution in [3.63, 3.8) is 0 Å². The van der Waals surface area contributed by atoms with Gasteiger partial charge >= 0.3 is 0 Å². The molecule has 1 saturated heterocycles. The zero-order valence-electron chi connectivity index (χ0n) is 14.0. The molecule has 0 aromatic rings. The van der Waals surface area contributed by atoms with Crippen molar-refractivity contribution in [2.75, 3.05) is 19.7 Å². The summed E-state index contributed by atoms with van der Waals surface area (Å²) in [6, 6.07) is 0.377. The molecule has 2 amide bonds. The Morgan fingerprint density at radius 3 is 2.73 bits per heavy atom. The summed E-state index contributed by atoms with van der Waals surface area (Å²) < 4.78 is 5.46. The van der Waals surface area contributed by atoms with Crippen molar-refractivity contribution in [3.05, 3.63) is 0 Å². The number of piperidine rings is 1. The lowest BCUT2D eigenvalue weighted by Gasteiger charge is -2.36. The molecule has 0 aromatic carbocycles. The van der Waals surface area contributed by atoms with E-state index in [0.29, 0.717) is 38.6 Å². The van der Waals surface area contributed by atoms with Crippen LogP contribution in [0.5, 0.6) is 0 Å². The van der Waals surface area contributed by atoms with Gasteiger partial charge in [0.05, 0.1) is 12.0 Å². The molecule has 22 heavy (non-hydrogen) atoms. The van der Waals surface area contributed by atoms with Gasteiger partial charge in [0.1, 0.15) is 0 Å². The highest BCUT2D eigenvalue weighted by atomic mass is 16.5. The van der Waals surface area contributed by atoms with Crippen LogP contribution in [-0.4, -0.2) is 48.6 Å². The number of hydrogen-bond donors (Lipinski definition) is 1. The zero-order chi connectivity index (χ0) is 15.9. The third-order valence-electron chi connectivity index (χ3n) is 4.65. The van der Waals surface area contributed by atoms with Gasteiger partial charge in [-0.05, 0) is 39.5 Å². The van der Waals surface area contributed by atoms with Gasteiger partial charge in [-0.15, -0.1) is 0 Å². The fourth-order valence-electron chi connectivity index (χ4n) is 3.40. The van der Waals surface area contributed by atoms with E-state index < -0.39 is 0 Å². The number of amides is 2. The van der Waals surface area contributed by atoms with Crippen molar-refractivity contribution >= 4 is 11.8 Å². The summed E-state index contributed by atoms with van der Waals surface area (Å²) in [6.07, 6.45) is 6.91. The zero-order valence-corrected chi connectivity index (χ0v) is 14.0. The Balaban J connectivity index is 1.72. The van der Waals surface area contributed by atoms with Crippen LogP contribution in [-0.2, 0) is 14.3 Å². The molecule has 1 atom stereocenters. The number of rotatable bonds is 7. The highest BCUT2D eigenvalue weighted by Crippen LogP contribution is 2.28. The third-order valence-corrected chi connectivity index (χ3v) is 4.65. The molecule has 0 bridgehead atoms. The third kappa shape index (κ3) is 4.97. The first-order valence-corrected chi connectivity index (χ1v) is 8.76. The average Bonchev–Trinajstić information content (AvgIpc) is 3.01. The van der Waals surface area contributed by atoms with Crippen LogP contribution in [0.15, 0.2) is 0 Å². The van der Waals surface area contributed by atoms with Crippen LogP contribution in [0.2, 0.25) is 0 Å². The van der Waals surface area contributed by atoms with Gasteiger partial charge in [0.25, 0.3) is 0 Å². The molecule has 5 nitrogen and oxygen atoms in total. The fourth-order valence-corrected chi connectivity index (χ4v) is 3.40. The van der Waals surface area contributed by atoms with Crippen LogP contribution >= 0.6 is 0 Å². The molecule has 1 aliphatic carbocycles. The molecular formula is C17H30N2O3. The summed E-state index contributed by atoms with van der Waals surface area (Å²) in [5.41, 5.74) is 0. The number of hydrogen-bond acceptors (Lipinski definition) is 3. The SMILES string of the molecule is CC(C)OCCCNC(=O)[C@H]1CCC(=O)N(C2CCCC2)C1. The molecule has 1 heterocycles. The van der Waals surface area contributed by atoms with Gasteiger partial charge in [-0.2, -0.15) is 0 Å². The molecule has 0 aromatic heterocycles. The molecular weight excluding hydrogens is 280 g/mol. The van der Waals surface area contributed by atoms with Gasteiger partial charge in [-0.1, -0.05) is 12.8 Å². The molecule has 2 aliphatic rings. The molecule has 1 aliphatic heterocycles. The Hall–Kier alpha value is -1.10. The number of carbonyl (C=O) groups excluding carboxylic acids is 2. The predicted molar refractivity (Wildman–Crippen MR) is 85.4 cm³/mol. The second-order valence-corrected chi connectivity index (χ2v) is 6.78. The smallest absolute Gasteiger partial charge is 0.224 e. The number of nitrogens with zero attached hydrogens (tertiary/aromatic N) is 1. The normalized spacial score (nSPS) is 23.3. The first-order chi connectivity index (χ1) is 10.6. The van der Waals surface area contributed by atoms with E-state index in [4.69, 9.17) is 4.74 Å². The molecule has 1 N–H and O–H groups in total. The number of likely N-dealkylation sites (tertiary alicyclic amines) is 1. The van der Waals surface area contributed by atoms with Crippen molar-refractivity contribution < 1.29 is 14.3 Å². The molecule has 1 saturated carbocycles. The highest BCUT2D eigenvalue weighted by molar-refractivity contribution is 5.84. The number of nitrogens with one attached hydrogen (secondary N) is 1. The Morgan fingerprint density at radius 2 is 2.05 bits per heavy atom. The number of carbonyl (C=O) groups is 2. The Morgan fingerprint density at radius 1 is 1.32 bits per heavy atom. The van der Waals surface area contributed by atoms with E-state index in [0.717, 1.165) is 19.3 Å². The van der Waals surface area contributed by atoms with Gasteiger partial charge in [0.2, 0.25) is 11.8 Å². The Labute approximate surface area is 133 Å². The number of ether oxygens (including phenoxy) is 1.